The van der Waals surface area contributed by atoms with Crippen molar-refractivity contribution in [3.63, 3.8) is 0 Å². The van der Waals surface area contributed by atoms with Gasteiger partial charge in [-0.1, -0.05) is 37.1 Å². The summed E-state index contributed by atoms with van der Waals surface area (Å²) in [5.74, 6) is 0. The number of rotatable bonds is 2. The maximum Gasteiger partial charge on any atom is 0.110 e. The van der Waals surface area contributed by atoms with E-state index >= 15 is 0 Å². The number of methoxy groups -OCH3 is 1. The van der Waals surface area contributed by atoms with E-state index in [4.69, 9.17) is 4.74 Å². The lowest BCUT2D eigenvalue weighted by molar-refractivity contribution is -0.138. The van der Waals surface area contributed by atoms with Crippen LogP contribution in [0.4, 0.5) is 0 Å². The molecule has 1 aliphatic carbocycles. The average Bonchev–Trinajstić information content (AvgIpc) is 2.47. The number of ether oxygens (including phenoxy) is 1. The summed E-state index contributed by atoms with van der Waals surface area (Å²) in [5, 5.41) is 14.7. The lowest BCUT2D eigenvalue weighted by atomic mass is 9.72. The Morgan fingerprint density at radius 3 is 3.00 bits per heavy atom. The first-order valence-electron chi connectivity index (χ1n) is 7.32. The average molecular weight is 261 g/mol. The number of nitrogens with one attached hydrogen (secondary N) is 1. The van der Waals surface area contributed by atoms with E-state index in [0.29, 0.717) is 0 Å². The molecule has 1 saturated carbocycles. The Hall–Kier alpha value is -0.900. The van der Waals surface area contributed by atoms with E-state index in [-0.39, 0.29) is 12.1 Å². The summed E-state index contributed by atoms with van der Waals surface area (Å²) in [7, 11) is 1.72. The Bertz CT molecular complexity index is 448. The van der Waals surface area contributed by atoms with Crippen LogP contribution < -0.4 is 5.32 Å². The van der Waals surface area contributed by atoms with Gasteiger partial charge in [-0.15, -0.1) is 0 Å². The molecule has 1 fully saturated rings. The molecule has 2 aliphatic rings. The minimum absolute atomic E-state index is 0.00250. The second-order valence-corrected chi connectivity index (χ2v) is 5.80. The van der Waals surface area contributed by atoms with Crippen molar-refractivity contribution in [2.75, 3.05) is 13.7 Å². The Labute approximate surface area is 115 Å². The highest BCUT2D eigenvalue weighted by molar-refractivity contribution is 5.35. The topological polar surface area (TPSA) is 41.5 Å². The molecule has 3 unspecified atom stereocenters. The number of benzene rings is 1. The van der Waals surface area contributed by atoms with Crippen LogP contribution in [0.25, 0.3) is 0 Å². The Balaban J connectivity index is 1.97. The molecule has 19 heavy (non-hydrogen) atoms. The van der Waals surface area contributed by atoms with E-state index in [2.05, 4.69) is 29.6 Å². The first kappa shape index (κ1) is 13.1. The van der Waals surface area contributed by atoms with Crippen LogP contribution >= 0.6 is 0 Å². The molecule has 0 saturated heterocycles. The molecule has 1 aromatic rings. The third kappa shape index (κ3) is 2.20. The lowest BCUT2D eigenvalue weighted by Crippen LogP contribution is -2.56. The van der Waals surface area contributed by atoms with E-state index in [0.717, 1.165) is 38.6 Å². The Kier molecular flexibility index (Phi) is 3.61. The molecule has 3 nitrogen and oxygen atoms in total. The quantitative estimate of drug-likeness (QED) is 0.857. The summed E-state index contributed by atoms with van der Waals surface area (Å²) in [6.45, 7) is 0.931. The maximum absolute atomic E-state index is 11.2. The van der Waals surface area contributed by atoms with Gasteiger partial charge in [0, 0.05) is 7.11 Å². The highest BCUT2D eigenvalue weighted by Crippen LogP contribution is 2.42. The second-order valence-electron chi connectivity index (χ2n) is 5.80. The first-order valence-corrected chi connectivity index (χ1v) is 7.32. The van der Waals surface area contributed by atoms with Crippen molar-refractivity contribution in [3.05, 3.63) is 35.4 Å². The third-order valence-electron chi connectivity index (χ3n) is 4.74. The molecule has 0 spiro atoms. The monoisotopic (exact) mass is 261 g/mol. The van der Waals surface area contributed by atoms with Gasteiger partial charge in [0.2, 0.25) is 0 Å². The zero-order valence-electron chi connectivity index (χ0n) is 11.6. The molecule has 104 valence electrons. The van der Waals surface area contributed by atoms with Crippen LogP contribution in [0.15, 0.2) is 24.3 Å². The van der Waals surface area contributed by atoms with Crippen LogP contribution in [-0.2, 0) is 11.2 Å². The van der Waals surface area contributed by atoms with Gasteiger partial charge in [0.25, 0.3) is 0 Å². The van der Waals surface area contributed by atoms with Crippen LogP contribution in [0.5, 0.6) is 0 Å². The Morgan fingerprint density at radius 2 is 2.16 bits per heavy atom. The van der Waals surface area contributed by atoms with Gasteiger partial charge in [0.1, 0.15) is 5.60 Å². The largest absolute Gasteiger partial charge is 0.385 e. The Morgan fingerprint density at radius 1 is 1.32 bits per heavy atom. The first-order chi connectivity index (χ1) is 9.25. The van der Waals surface area contributed by atoms with Crippen molar-refractivity contribution in [1.29, 1.82) is 0 Å². The van der Waals surface area contributed by atoms with E-state index in [9.17, 15) is 5.11 Å². The fourth-order valence-corrected chi connectivity index (χ4v) is 3.75. The third-order valence-corrected chi connectivity index (χ3v) is 4.74. The predicted octanol–water partition coefficient (Wildman–Crippen LogP) is 2.19. The molecule has 3 heteroatoms. The van der Waals surface area contributed by atoms with Crippen molar-refractivity contribution in [2.24, 2.45) is 0 Å². The number of aliphatic hydroxyl groups is 1. The summed E-state index contributed by atoms with van der Waals surface area (Å²) < 4.78 is 5.59. The number of hydrogen-bond donors (Lipinski definition) is 2. The summed E-state index contributed by atoms with van der Waals surface area (Å²) in [6.07, 6.45) is 4.97. The van der Waals surface area contributed by atoms with E-state index in [1.54, 1.807) is 7.11 Å². The summed E-state index contributed by atoms with van der Waals surface area (Å²) in [4.78, 5) is 0. The molecule has 1 heterocycles. The summed E-state index contributed by atoms with van der Waals surface area (Å²) in [5.41, 5.74) is 1.84. The molecule has 1 aromatic carbocycles. The second kappa shape index (κ2) is 5.23. The van der Waals surface area contributed by atoms with Gasteiger partial charge in [0.05, 0.1) is 12.1 Å². The highest BCUT2D eigenvalue weighted by Gasteiger charge is 2.47. The summed E-state index contributed by atoms with van der Waals surface area (Å²) >= 11 is 0. The predicted molar refractivity (Wildman–Crippen MR) is 75.1 cm³/mol. The van der Waals surface area contributed by atoms with Gasteiger partial charge in [0.15, 0.2) is 0 Å². The van der Waals surface area contributed by atoms with Gasteiger partial charge < -0.3 is 15.2 Å². The van der Waals surface area contributed by atoms with E-state index in [1.165, 1.54) is 11.1 Å². The zero-order valence-corrected chi connectivity index (χ0v) is 11.6. The van der Waals surface area contributed by atoms with Crippen LogP contribution in [0.1, 0.15) is 42.9 Å². The fraction of sp³-hybridized carbons (Fsp3) is 0.625. The van der Waals surface area contributed by atoms with Gasteiger partial charge in [-0.2, -0.15) is 0 Å². The van der Waals surface area contributed by atoms with E-state index < -0.39 is 5.60 Å². The van der Waals surface area contributed by atoms with Crippen molar-refractivity contribution in [3.8, 4) is 0 Å². The van der Waals surface area contributed by atoms with Crippen molar-refractivity contribution >= 4 is 0 Å². The molecule has 2 N–H and O–H groups in total. The van der Waals surface area contributed by atoms with E-state index in [1.807, 2.05) is 0 Å². The zero-order chi connectivity index (χ0) is 13.3. The molecule has 0 bridgehead atoms. The summed E-state index contributed by atoms with van der Waals surface area (Å²) in [6, 6.07) is 8.47. The van der Waals surface area contributed by atoms with Crippen molar-refractivity contribution < 1.29 is 9.84 Å². The number of fused-ring (bicyclic) bond motifs is 1. The number of hydrogen-bond acceptors (Lipinski definition) is 3. The van der Waals surface area contributed by atoms with Gasteiger partial charge >= 0.3 is 0 Å². The molecule has 3 rings (SSSR count). The highest BCUT2D eigenvalue weighted by atomic mass is 16.5. The van der Waals surface area contributed by atoms with Crippen LogP contribution in [0.2, 0.25) is 0 Å². The molecular formula is C16H23NO2. The van der Waals surface area contributed by atoms with Crippen molar-refractivity contribution in [1.82, 2.24) is 5.32 Å². The molecule has 0 radical (unpaired) electrons. The van der Waals surface area contributed by atoms with Gasteiger partial charge in [-0.05, 0) is 36.9 Å². The van der Waals surface area contributed by atoms with Gasteiger partial charge in [-0.25, -0.2) is 0 Å². The fourth-order valence-electron chi connectivity index (χ4n) is 3.75. The van der Waals surface area contributed by atoms with Crippen molar-refractivity contribution in [2.45, 2.75) is 49.9 Å². The molecular weight excluding hydrogens is 238 g/mol. The minimum Gasteiger partial charge on any atom is -0.385 e. The maximum atomic E-state index is 11.2. The van der Waals surface area contributed by atoms with Crippen LogP contribution in [0.3, 0.4) is 0 Å². The smallest absolute Gasteiger partial charge is 0.110 e. The molecule has 1 aliphatic heterocycles. The SMILES string of the molecule is COC1CCCCC1(O)C1NCCc2ccccc21. The molecule has 3 atom stereocenters. The molecule has 0 amide bonds. The molecule has 0 aromatic heterocycles. The van der Waals surface area contributed by atoms with Gasteiger partial charge in [-0.3, -0.25) is 0 Å². The van der Waals surface area contributed by atoms with Crippen LogP contribution in [-0.4, -0.2) is 30.5 Å². The minimum atomic E-state index is -0.774. The normalized spacial score (nSPS) is 34.8. The lowest BCUT2D eigenvalue weighted by Gasteiger charge is -2.46. The standard InChI is InChI=1S/C16H23NO2/c1-19-14-8-4-5-10-16(14,18)15-13-7-3-2-6-12(13)9-11-17-15/h2-3,6-7,14-15,17-18H,4-5,8-11H2,1H3. The van der Waals surface area contributed by atoms with Crippen LogP contribution in [0, 0.1) is 0 Å².